The summed E-state index contributed by atoms with van der Waals surface area (Å²) in [5.74, 6) is -0.172. The second kappa shape index (κ2) is 8.56. The molecule has 0 saturated heterocycles. The molecule has 1 aromatic carbocycles. The maximum Gasteiger partial charge on any atom is 0.303 e. The van der Waals surface area contributed by atoms with Gasteiger partial charge in [0.25, 0.3) is 0 Å². The van der Waals surface area contributed by atoms with E-state index in [0.29, 0.717) is 24.5 Å². The summed E-state index contributed by atoms with van der Waals surface area (Å²) in [7, 11) is 0. The number of amides is 1. The van der Waals surface area contributed by atoms with Crippen LogP contribution in [0.15, 0.2) is 18.2 Å². The number of aryl methyl sites for hydroxylation is 1. The normalized spacial score (nSPS) is 11.1. The molecule has 0 aromatic heterocycles. The standard InChI is InChI=1S/C18H27NO4/c1-5-23-15-12-13(8-6-7-9-16(20)21)10-11-14(15)19-17(22)18(2,3)4/h10-12H,5-9H2,1-4H3,(H,19,22)(H,20,21). The second-order valence-corrected chi connectivity index (χ2v) is 6.57. The number of hydrogen-bond donors (Lipinski definition) is 2. The molecule has 0 heterocycles. The van der Waals surface area contributed by atoms with Crippen LogP contribution >= 0.6 is 0 Å². The van der Waals surface area contributed by atoms with Gasteiger partial charge in [0.1, 0.15) is 5.75 Å². The molecule has 0 aliphatic rings. The summed E-state index contributed by atoms with van der Waals surface area (Å²) in [6.07, 6.45) is 2.45. The van der Waals surface area contributed by atoms with Gasteiger partial charge in [-0.2, -0.15) is 0 Å². The fraction of sp³-hybridized carbons (Fsp3) is 0.556. The van der Waals surface area contributed by atoms with Gasteiger partial charge in [-0.15, -0.1) is 0 Å². The Labute approximate surface area is 138 Å². The van der Waals surface area contributed by atoms with Gasteiger partial charge in [0.2, 0.25) is 5.91 Å². The molecule has 0 spiro atoms. The predicted molar refractivity (Wildman–Crippen MR) is 90.9 cm³/mol. The first kappa shape index (κ1) is 19.0. The van der Waals surface area contributed by atoms with Crippen molar-refractivity contribution in [3.63, 3.8) is 0 Å². The van der Waals surface area contributed by atoms with Crippen LogP contribution in [0, 0.1) is 5.41 Å². The maximum absolute atomic E-state index is 12.1. The first-order valence-corrected chi connectivity index (χ1v) is 8.03. The number of aliphatic carboxylic acids is 1. The van der Waals surface area contributed by atoms with Gasteiger partial charge in [-0.3, -0.25) is 9.59 Å². The van der Waals surface area contributed by atoms with E-state index >= 15 is 0 Å². The Bertz CT molecular complexity index is 546. The van der Waals surface area contributed by atoms with Crippen LogP contribution in [0.5, 0.6) is 5.75 Å². The number of nitrogens with one attached hydrogen (secondary N) is 1. The molecular weight excluding hydrogens is 294 g/mol. The number of rotatable bonds is 8. The van der Waals surface area contributed by atoms with E-state index in [1.54, 1.807) is 0 Å². The van der Waals surface area contributed by atoms with Crippen LogP contribution in [0.25, 0.3) is 0 Å². The van der Waals surface area contributed by atoms with Crippen LogP contribution in [0.4, 0.5) is 5.69 Å². The third-order valence-corrected chi connectivity index (χ3v) is 3.38. The third-order valence-electron chi connectivity index (χ3n) is 3.38. The van der Waals surface area contributed by atoms with Crippen molar-refractivity contribution in [1.82, 2.24) is 0 Å². The Hall–Kier alpha value is -2.04. The van der Waals surface area contributed by atoms with Crippen molar-refractivity contribution in [3.8, 4) is 5.75 Å². The highest BCUT2D eigenvalue weighted by atomic mass is 16.5. The van der Waals surface area contributed by atoms with E-state index in [4.69, 9.17) is 9.84 Å². The van der Waals surface area contributed by atoms with Crippen LogP contribution < -0.4 is 10.1 Å². The van der Waals surface area contributed by atoms with Crippen molar-refractivity contribution in [2.45, 2.75) is 53.4 Å². The molecule has 0 fully saturated rings. The van der Waals surface area contributed by atoms with E-state index in [9.17, 15) is 9.59 Å². The molecular formula is C18H27NO4. The van der Waals surface area contributed by atoms with E-state index in [1.807, 2.05) is 45.9 Å². The monoisotopic (exact) mass is 321 g/mol. The van der Waals surface area contributed by atoms with Gasteiger partial charge in [-0.1, -0.05) is 26.8 Å². The number of benzene rings is 1. The van der Waals surface area contributed by atoms with E-state index in [1.165, 1.54) is 0 Å². The molecule has 0 saturated carbocycles. The number of carboxylic acid groups (broad SMARTS) is 1. The molecule has 0 aliphatic carbocycles. The van der Waals surface area contributed by atoms with Gasteiger partial charge in [-0.05, 0) is 43.9 Å². The largest absolute Gasteiger partial charge is 0.492 e. The lowest BCUT2D eigenvalue weighted by Crippen LogP contribution is -2.27. The van der Waals surface area contributed by atoms with E-state index < -0.39 is 11.4 Å². The molecule has 0 unspecified atom stereocenters. The summed E-state index contributed by atoms with van der Waals surface area (Å²) in [4.78, 5) is 22.6. The highest BCUT2D eigenvalue weighted by Crippen LogP contribution is 2.28. The van der Waals surface area contributed by atoms with Crippen molar-refractivity contribution in [3.05, 3.63) is 23.8 Å². The minimum atomic E-state index is -0.764. The molecule has 1 aromatic rings. The molecule has 0 radical (unpaired) electrons. The highest BCUT2D eigenvalue weighted by Gasteiger charge is 2.22. The number of unbranched alkanes of at least 4 members (excludes halogenated alkanes) is 1. The van der Waals surface area contributed by atoms with Crippen LogP contribution in [0.2, 0.25) is 0 Å². The molecule has 1 rings (SSSR count). The lowest BCUT2D eigenvalue weighted by atomic mass is 9.95. The molecule has 5 heteroatoms. The number of carbonyl (C=O) groups is 2. The molecule has 2 N–H and O–H groups in total. The van der Waals surface area contributed by atoms with E-state index in [0.717, 1.165) is 18.4 Å². The Morgan fingerprint density at radius 1 is 1.22 bits per heavy atom. The molecule has 23 heavy (non-hydrogen) atoms. The average Bonchev–Trinajstić information content (AvgIpc) is 2.45. The molecule has 1 amide bonds. The van der Waals surface area contributed by atoms with Crippen molar-refractivity contribution < 1.29 is 19.4 Å². The Kier molecular flexibility index (Phi) is 7.07. The number of carbonyl (C=O) groups excluding carboxylic acids is 1. The molecule has 0 aliphatic heterocycles. The topological polar surface area (TPSA) is 75.6 Å². The molecule has 0 atom stereocenters. The summed E-state index contributed by atoms with van der Waals surface area (Å²) in [5, 5.41) is 11.6. The zero-order valence-electron chi connectivity index (χ0n) is 14.4. The highest BCUT2D eigenvalue weighted by molar-refractivity contribution is 5.95. The number of carboxylic acids is 1. The third kappa shape index (κ3) is 6.72. The summed E-state index contributed by atoms with van der Waals surface area (Å²) in [5.41, 5.74) is 1.27. The molecule has 128 valence electrons. The van der Waals surface area contributed by atoms with Crippen molar-refractivity contribution >= 4 is 17.6 Å². The van der Waals surface area contributed by atoms with Crippen LogP contribution in [-0.2, 0) is 16.0 Å². The van der Waals surface area contributed by atoms with Gasteiger partial charge in [0, 0.05) is 11.8 Å². The van der Waals surface area contributed by atoms with Gasteiger partial charge in [0.15, 0.2) is 0 Å². The van der Waals surface area contributed by atoms with Crippen molar-refractivity contribution in [2.75, 3.05) is 11.9 Å². The maximum atomic E-state index is 12.1. The smallest absolute Gasteiger partial charge is 0.303 e. The zero-order chi connectivity index (χ0) is 17.5. The summed E-state index contributed by atoms with van der Waals surface area (Å²) >= 11 is 0. The number of ether oxygens (including phenoxy) is 1. The predicted octanol–water partition coefficient (Wildman–Crippen LogP) is 3.87. The Morgan fingerprint density at radius 3 is 2.48 bits per heavy atom. The Balaban J connectivity index is 2.77. The van der Waals surface area contributed by atoms with E-state index in [-0.39, 0.29) is 12.3 Å². The second-order valence-electron chi connectivity index (χ2n) is 6.57. The van der Waals surface area contributed by atoms with Crippen molar-refractivity contribution in [2.24, 2.45) is 5.41 Å². The summed E-state index contributed by atoms with van der Waals surface area (Å²) < 4.78 is 5.63. The van der Waals surface area contributed by atoms with Gasteiger partial charge in [-0.25, -0.2) is 0 Å². The first-order chi connectivity index (χ1) is 10.7. The number of hydrogen-bond acceptors (Lipinski definition) is 3. The lowest BCUT2D eigenvalue weighted by molar-refractivity contribution is -0.137. The van der Waals surface area contributed by atoms with Gasteiger partial charge < -0.3 is 15.2 Å². The average molecular weight is 321 g/mol. The fourth-order valence-corrected chi connectivity index (χ4v) is 2.02. The van der Waals surface area contributed by atoms with E-state index in [2.05, 4.69) is 5.32 Å². The Morgan fingerprint density at radius 2 is 1.91 bits per heavy atom. The van der Waals surface area contributed by atoms with Crippen LogP contribution in [0.1, 0.15) is 52.5 Å². The summed E-state index contributed by atoms with van der Waals surface area (Å²) in [6, 6.07) is 5.71. The van der Waals surface area contributed by atoms with Gasteiger partial charge >= 0.3 is 5.97 Å². The van der Waals surface area contributed by atoms with Gasteiger partial charge in [0.05, 0.1) is 12.3 Å². The zero-order valence-corrected chi connectivity index (χ0v) is 14.4. The van der Waals surface area contributed by atoms with Crippen LogP contribution in [-0.4, -0.2) is 23.6 Å². The fourth-order valence-electron chi connectivity index (χ4n) is 2.02. The minimum Gasteiger partial charge on any atom is -0.492 e. The first-order valence-electron chi connectivity index (χ1n) is 8.03. The summed E-state index contributed by atoms with van der Waals surface area (Å²) in [6.45, 7) is 7.99. The quantitative estimate of drug-likeness (QED) is 0.713. The molecule has 5 nitrogen and oxygen atoms in total. The SMILES string of the molecule is CCOc1cc(CCCCC(=O)O)ccc1NC(=O)C(C)(C)C. The van der Waals surface area contributed by atoms with Crippen LogP contribution in [0.3, 0.4) is 0 Å². The number of anilines is 1. The minimum absolute atomic E-state index is 0.0624. The van der Waals surface area contributed by atoms with Crippen molar-refractivity contribution in [1.29, 1.82) is 0 Å². The molecule has 0 bridgehead atoms. The lowest BCUT2D eigenvalue weighted by Gasteiger charge is -2.19.